The van der Waals surface area contributed by atoms with E-state index in [1.54, 1.807) is 0 Å². The molecule has 1 aromatic carbocycles. The van der Waals surface area contributed by atoms with E-state index in [1.165, 1.54) is 0 Å². The molecule has 2 nitrogen and oxygen atoms in total. The van der Waals surface area contributed by atoms with Crippen molar-refractivity contribution in [3.05, 3.63) is 35.1 Å². The van der Waals surface area contributed by atoms with Crippen molar-refractivity contribution in [2.75, 3.05) is 6.61 Å². The van der Waals surface area contributed by atoms with Gasteiger partial charge in [0, 0.05) is 5.56 Å². The molecule has 0 aliphatic rings. The number of benzene rings is 1. The lowest BCUT2D eigenvalue weighted by atomic mass is 10.0. The van der Waals surface area contributed by atoms with Crippen LogP contribution >= 0.6 is 0 Å². The van der Waals surface area contributed by atoms with Crippen molar-refractivity contribution < 1.29 is 18.3 Å². The number of alkyl halides is 2. The third-order valence-electron chi connectivity index (χ3n) is 1.88. The van der Waals surface area contributed by atoms with Crippen molar-refractivity contribution in [1.82, 2.24) is 0 Å². The molecule has 0 heterocycles. The molecule has 3 N–H and O–H groups in total. The van der Waals surface area contributed by atoms with E-state index in [4.69, 9.17) is 10.8 Å². The maximum absolute atomic E-state index is 12.7. The van der Waals surface area contributed by atoms with Gasteiger partial charge in [0.2, 0.25) is 0 Å². The van der Waals surface area contributed by atoms with Gasteiger partial charge in [-0.2, -0.15) is 0 Å². The Labute approximate surface area is 79.2 Å². The van der Waals surface area contributed by atoms with Crippen LogP contribution in [0.2, 0.25) is 0 Å². The zero-order chi connectivity index (χ0) is 10.7. The number of hydrogen-bond donors (Lipinski definition) is 2. The third kappa shape index (κ3) is 2.24. The molecule has 0 spiro atoms. The molecule has 0 radical (unpaired) electrons. The predicted molar refractivity (Wildman–Crippen MR) is 45.4 cm³/mol. The van der Waals surface area contributed by atoms with Gasteiger partial charge in [-0.15, -0.1) is 0 Å². The topological polar surface area (TPSA) is 46.2 Å². The lowest BCUT2D eigenvalue weighted by Crippen LogP contribution is -2.17. The van der Waals surface area contributed by atoms with Crippen LogP contribution in [0.25, 0.3) is 0 Å². The van der Waals surface area contributed by atoms with Crippen LogP contribution in [0, 0.1) is 5.82 Å². The van der Waals surface area contributed by atoms with Crippen LogP contribution < -0.4 is 5.73 Å². The van der Waals surface area contributed by atoms with Crippen molar-refractivity contribution in [2.45, 2.75) is 12.5 Å². The summed E-state index contributed by atoms with van der Waals surface area (Å²) < 4.78 is 37.5. The molecule has 0 bridgehead atoms. The number of aliphatic hydroxyl groups excluding tert-OH is 1. The number of nitrogens with two attached hydrogens (primary N) is 1. The first-order chi connectivity index (χ1) is 6.56. The van der Waals surface area contributed by atoms with E-state index in [-0.39, 0.29) is 11.1 Å². The van der Waals surface area contributed by atoms with Gasteiger partial charge in [-0.3, -0.25) is 0 Å². The SMILES string of the molecule is N[C@H](CO)c1cc(F)ccc1C(F)F. The summed E-state index contributed by atoms with van der Waals surface area (Å²) in [6.07, 6.45) is -2.72. The Morgan fingerprint density at radius 2 is 1.93 bits per heavy atom. The van der Waals surface area contributed by atoms with E-state index < -0.39 is 24.9 Å². The lowest BCUT2D eigenvalue weighted by Gasteiger charge is -2.13. The molecule has 0 unspecified atom stereocenters. The highest BCUT2D eigenvalue weighted by atomic mass is 19.3. The second-order valence-electron chi connectivity index (χ2n) is 2.86. The molecule has 1 atom stereocenters. The standard InChI is InChI=1S/C9H10F3NO/c10-5-1-2-6(9(11)12)7(3-5)8(13)4-14/h1-3,8-9,14H,4,13H2/t8-/m1/s1. The average Bonchev–Trinajstić information content (AvgIpc) is 2.16. The van der Waals surface area contributed by atoms with Gasteiger partial charge in [-0.05, 0) is 17.7 Å². The molecule has 0 aromatic heterocycles. The molecule has 0 aliphatic heterocycles. The zero-order valence-corrected chi connectivity index (χ0v) is 7.25. The fourth-order valence-electron chi connectivity index (χ4n) is 1.16. The van der Waals surface area contributed by atoms with Crippen molar-refractivity contribution >= 4 is 0 Å². The summed E-state index contributed by atoms with van der Waals surface area (Å²) >= 11 is 0. The van der Waals surface area contributed by atoms with Gasteiger partial charge in [0.05, 0.1) is 12.6 Å². The summed E-state index contributed by atoms with van der Waals surface area (Å²) in [5.41, 5.74) is 4.96. The van der Waals surface area contributed by atoms with Crippen LogP contribution in [0.1, 0.15) is 23.6 Å². The summed E-state index contributed by atoms with van der Waals surface area (Å²) in [6.45, 7) is -0.497. The Kier molecular flexibility index (Phi) is 3.49. The molecule has 5 heteroatoms. The van der Waals surface area contributed by atoms with E-state index in [2.05, 4.69) is 0 Å². The summed E-state index contributed by atoms with van der Waals surface area (Å²) in [5.74, 6) is -0.645. The quantitative estimate of drug-likeness (QED) is 0.789. The molecular formula is C9H10F3NO. The largest absolute Gasteiger partial charge is 0.394 e. The second kappa shape index (κ2) is 4.43. The maximum atomic E-state index is 12.7. The summed E-state index contributed by atoms with van der Waals surface area (Å²) in [7, 11) is 0. The normalized spacial score (nSPS) is 13.3. The van der Waals surface area contributed by atoms with Crippen LogP contribution in [0.15, 0.2) is 18.2 Å². The molecule has 14 heavy (non-hydrogen) atoms. The molecule has 78 valence electrons. The molecule has 0 saturated heterocycles. The van der Waals surface area contributed by atoms with E-state index in [9.17, 15) is 13.2 Å². The van der Waals surface area contributed by atoms with Crippen molar-refractivity contribution in [2.24, 2.45) is 5.73 Å². The first-order valence-corrected chi connectivity index (χ1v) is 4.00. The van der Waals surface area contributed by atoms with Crippen LogP contribution in [-0.2, 0) is 0 Å². The smallest absolute Gasteiger partial charge is 0.264 e. The summed E-state index contributed by atoms with van der Waals surface area (Å²) in [5, 5.41) is 8.69. The van der Waals surface area contributed by atoms with Crippen LogP contribution in [0.4, 0.5) is 13.2 Å². The first kappa shape index (κ1) is 11.0. The molecule has 1 rings (SSSR count). The molecule has 1 aromatic rings. The number of hydrogen-bond acceptors (Lipinski definition) is 2. The molecule has 0 aliphatic carbocycles. The Morgan fingerprint density at radius 1 is 1.29 bits per heavy atom. The number of aliphatic hydroxyl groups is 1. The summed E-state index contributed by atoms with van der Waals surface area (Å²) in [4.78, 5) is 0. The van der Waals surface area contributed by atoms with Gasteiger partial charge in [-0.25, -0.2) is 13.2 Å². The van der Waals surface area contributed by atoms with E-state index >= 15 is 0 Å². The summed E-state index contributed by atoms with van der Waals surface area (Å²) in [6, 6.07) is 1.86. The van der Waals surface area contributed by atoms with Gasteiger partial charge in [0.15, 0.2) is 0 Å². The van der Waals surface area contributed by atoms with Gasteiger partial charge < -0.3 is 10.8 Å². The minimum Gasteiger partial charge on any atom is -0.394 e. The maximum Gasteiger partial charge on any atom is 0.264 e. The van der Waals surface area contributed by atoms with Crippen LogP contribution in [0.5, 0.6) is 0 Å². The second-order valence-corrected chi connectivity index (χ2v) is 2.86. The predicted octanol–water partition coefficient (Wildman–Crippen LogP) is 1.76. The Hall–Kier alpha value is -1.07. The minimum atomic E-state index is -2.72. The lowest BCUT2D eigenvalue weighted by molar-refractivity contribution is 0.148. The molecule has 0 fully saturated rings. The van der Waals surface area contributed by atoms with Crippen LogP contribution in [0.3, 0.4) is 0 Å². The van der Waals surface area contributed by atoms with Crippen LogP contribution in [-0.4, -0.2) is 11.7 Å². The fraction of sp³-hybridized carbons (Fsp3) is 0.333. The average molecular weight is 205 g/mol. The van der Waals surface area contributed by atoms with Gasteiger partial charge >= 0.3 is 0 Å². The molecular weight excluding hydrogens is 195 g/mol. The van der Waals surface area contributed by atoms with Gasteiger partial charge in [0.25, 0.3) is 6.43 Å². The van der Waals surface area contributed by atoms with Crippen molar-refractivity contribution in [3.8, 4) is 0 Å². The van der Waals surface area contributed by atoms with E-state index in [1.807, 2.05) is 0 Å². The highest BCUT2D eigenvalue weighted by Gasteiger charge is 2.17. The van der Waals surface area contributed by atoms with Gasteiger partial charge in [-0.1, -0.05) is 6.07 Å². The fourth-order valence-corrected chi connectivity index (χ4v) is 1.16. The minimum absolute atomic E-state index is 0.0532. The monoisotopic (exact) mass is 205 g/mol. The molecule has 0 saturated carbocycles. The number of rotatable bonds is 3. The van der Waals surface area contributed by atoms with E-state index in [0.29, 0.717) is 0 Å². The molecule has 0 amide bonds. The van der Waals surface area contributed by atoms with Gasteiger partial charge in [0.1, 0.15) is 5.82 Å². The van der Waals surface area contributed by atoms with Crippen molar-refractivity contribution in [3.63, 3.8) is 0 Å². The Bertz CT molecular complexity index is 317. The Morgan fingerprint density at radius 3 is 2.43 bits per heavy atom. The number of halogens is 3. The highest BCUT2D eigenvalue weighted by Crippen LogP contribution is 2.26. The van der Waals surface area contributed by atoms with Crippen molar-refractivity contribution in [1.29, 1.82) is 0 Å². The highest BCUT2D eigenvalue weighted by molar-refractivity contribution is 5.31. The zero-order valence-electron chi connectivity index (χ0n) is 7.25. The van der Waals surface area contributed by atoms with E-state index in [0.717, 1.165) is 18.2 Å². The first-order valence-electron chi connectivity index (χ1n) is 4.00. The third-order valence-corrected chi connectivity index (χ3v) is 1.88. The Balaban J connectivity index is 3.15.